The summed E-state index contributed by atoms with van der Waals surface area (Å²) in [7, 11) is 0. The van der Waals surface area contributed by atoms with Crippen molar-refractivity contribution in [2.45, 2.75) is 32.2 Å². The van der Waals surface area contributed by atoms with Crippen LogP contribution in [0.5, 0.6) is 0 Å². The Balaban J connectivity index is 1.49. The molecular weight excluding hydrogens is 318 g/mol. The van der Waals surface area contributed by atoms with E-state index in [1.165, 1.54) is 29.0 Å². The maximum atomic E-state index is 4.63. The summed E-state index contributed by atoms with van der Waals surface area (Å²) in [5, 5.41) is 9.53. The summed E-state index contributed by atoms with van der Waals surface area (Å²) in [5.74, 6) is 1.36. The van der Waals surface area contributed by atoms with Crippen LogP contribution in [0.1, 0.15) is 35.8 Å². The smallest absolute Gasteiger partial charge is 0.125 e. The van der Waals surface area contributed by atoms with Crippen LogP contribution in [0.25, 0.3) is 10.6 Å². The number of thiophene rings is 1. The molecule has 0 aliphatic carbocycles. The van der Waals surface area contributed by atoms with Gasteiger partial charge in [-0.3, -0.25) is 10.00 Å². The second-order valence-corrected chi connectivity index (χ2v) is 7.30. The molecule has 1 aliphatic heterocycles. The molecule has 1 saturated heterocycles. The van der Waals surface area contributed by atoms with E-state index in [9.17, 15) is 0 Å². The predicted octanol–water partition coefficient (Wildman–Crippen LogP) is 3.62. The Hall–Kier alpha value is -2.05. The van der Waals surface area contributed by atoms with Gasteiger partial charge in [0.25, 0.3) is 0 Å². The summed E-state index contributed by atoms with van der Waals surface area (Å²) in [4.78, 5) is 12.6. The van der Waals surface area contributed by atoms with Crippen LogP contribution >= 0.6 is 11.3 Å². The van der Waals surface area contributed by atoms with E-state index in [2.05, 4.69) is 48.6 Å². The molecule has 4 rings (SSSR count). The van der Waals surface area contributed by atoms with Crippen LogP contribution in [0.15, 0.2) is 36.0 Å². The zero-order chi connectivity index (χ0) is 16.4. The Bertz CT molecular complexity index is 795. The topological polar surface area (TPSA) is 57.7 Å². The fourth-order valence-electron chi connectivity index (χ4n) is 3.45. The predicted molar refractivity (Wildman–Crippen MR) is 95.9 cm³/mol. The van der Waals surface area contributed by atoms with Gasteiger partial charge in [-0.25, -0.2) is 9.97 Å². The van der Waals surface area contributed by atoms with Crippen molar-refractivity contribution >= 4 is 11.3 Å². The second-order valence-electron chi connectivity index (χ2n) is 6.35. The third kappa shape index (κ3) is 3.25. The molecule has 5 nitrogen and oxygen atoms in total. The highest BCUT2D eigenvalue weighted by Gasteiger charge is 2.23. The van der Waals surface area contributed by atoms with Gasteiger partial charge in [0.2, 0.25) is 0 Å². The highest BCUT2D eigenvalue weighted by Crippen LogP contribution is 2.30. The lowest BCUT2D eigenvalue weighted by Gasteiger charge is -2.32. The van der Waals surface area contributed by atoms with Crippen LogP contribution < -0.4 is 0 Å². The number of hydrogen-bond donors (Lipinski definition) is 1. The fraction of sp³-hybridized carbons (Fsp3) is 0.389. The highest BCUT2D eigenvalue weighted by atomic mass is 32.1. The molecular formula is C18H21N5S. The van der Waals surface area contributed by atoms with E-state index in [1.807, 2.05) is 19.3 Å². The van der Waals surface area contributed by atoms with Crippen molar-refractivity contribution in [1.82, 2.24) is 25.1 Å². The molecule has 1 N–H and O–H groups in total. The van der Waals surface area contributed by atoms with E-state index < -0.39 is 0 Å². The van der Waals surface area contributed by atoms with E-state index >= 15 is 0 Å². The Morgan fingerprint density at radius 1 is 1.38 bits per heavy atom. The van der Waals surface area contributed by atoms with Crippen LogP contribution in [0, 0.1) is 6.92 Å². The van der Waals surface area contributed by atoms with E-state index in [1.54, 1.807) is 11.3 Å². The number of nitrogens with one attached hydrogen (secondary N) is 1. The van der Waals surface area contributed by atoms with Gasteiger partial charge in [-0.2, -0.15) is 5.10 Å². The van der Waals surface area contributed by atoms with Gasteiger partial charge in [-0.1, -0.05) is 6.07 Å². The zero-order valence-corrected chi connectivity index (χ0v) is 14.6. The molecule has 0 bridgehead atoms. The summed E-state index contributed by atoms with van der Waals surface area (Å²) in [6.07, 6.45) is 6.26. The van der Waals surface area contributed by atoms with Gasteiger partial charge in [0.05, 0.1) is 16.8 Å². The molecule has 124 valence electrons. The molecule has 3 aromatic rings. The molecule has 1 fully saturated rings. The van der Waals surface area contributed by atoms with Crippen molar-refractivity contribution in [2.24, 2.45) is 0 Å². The first kappa shape index (κ1) is 15.5. The molecule has 6 heteroatoms. The molecule has 1 aliphatic rings. The van der Waals surface area contributed by atoms with Crippen molar-refractivity contribution in [3.63, 3.8) is 0 Å². The van der Waals surface area contributed by atoms with Crippen molar-refractivity contribution in [2.75, 3.05) is 13.1 Å². The standard InChI is InChI=1S/C18H21N5S/c1-13-19-7-6-16(21-13)14-4-2-8-23(11-14)12-15-10-20-22-18(15)17-5-3-9-24-17/h3,5-7,9-10,14H,2,4,8,11-12H2,1H3,(H,20,22). The number of piperidine rings is 1. The van der Waals surface area contributed by atoms with Gasteiger partial charge in [0, 0.05) is 36.5 Å². The Labute approximate surface area is 145 Å². The number of H-pyrrole nitrogens is 1. The van der Waals surface area contributed by atoms with E-state index in [4.69, 9.17) is 0 Å². The third-order valence-corrected chi connectivity index (χ3v) is 5.49. The van der Waals surface area contributed by atoms with Gasteiger partial charge < -0.3 is 0 Å². The average Bonchev–Trinajstić information content (AvgIpc) is 3.26. The molecule has 0 saturated carbocycles. The Morgan fingerprint density at radius 3 is 3.17 bits per heavy atom. The second kappa shape index (κ2) is 6.83. The molecule has 4 heterocycles. The maximum absolute atomic E-state index is 4.63. The van der Waals surface area contributed by atoms with Crippen LogP contribution in [0.2, 0.25) is 0 Å². The molecule has 0 amide bonds. The van der Waals surface area contributed by atoms with Crippen molar-refractivity contribution in [1.29, 1.82) is 0 Å². The monoisotopic (exact) mass is 339 g/mol. The van der Waals surface area contributed by atoms with Crippen LogP contribution in [-0.4, -0.2) is 38.2 Å². The highest BCUT2D eigenvalue weighted by molar-refractivity contribution is 7.13. The lowest BCUT2D eigenvalue weighted by molar-refractivity contribution is 0.198. The molecule has 0 aromatic carbocycles. The Kier molecular flexibility index (Phi) is 4.40. The van der Waals surface area contributed by atoms with Crippen LogP contribution in [-0.2, 0) is 6.54 Å². The van der Waals surface area contributed by atoms with Crippen molar-refractivity contribution in [3.05, 3.63) is 53.1 Å². The number of aryl methyl sites for hydroxylation is 1. The minimum atomic E-state index is 0.498. The van der Waals surface area contributed by atoms with Gasteiger partial charge in [0.15, 0.2) is 0 Å². The van der Waals surface area contributed by atoms with E-state index in [0.29, 0.717) is 5.92 Å². The normalized spacial score (nSPS) is 18.8. The van der Waals surface area contributed by atoms with Crippen LogP contribution in [0.3, 0.4) is 0 Å². The summed E-state index contributed by atoms with van der Waals surface area (Å²) >= 11 is 1.75. The van der Waals surface area contributed by atoms with E-state index in [-0.39, 0.29) is 0 Å². The molecule has 1 atom stereocenters. The number of nitrogens with zero attached hydrogens (tertiary/aromatic N) is 4. The molecule has 0 radical (unpaired) electrons. The van der Waals surface area contributed by atoms with Gasteiger partial charge in [-0.05, 0) is 43.8 Å². The summed E-state index contributed by atoms with van der Waals surface area (Å²) in [6.45, 7) is 5.08. The van der Waals surface area contributed by atoms with Gasteiger partial charge in [0.1, 0.15) is 5.82 Å². The van der Waals surface area contributed by atoms with E-state index in [0.717, 1.165) is 31.2 Å². The van der Waals surface area contributed by atoms with Crippen LogP contribution in [0.4, 0.5) is 0 Å². The number of aromatic nitrogens is 4. The SMILES string of the molecule is Cc1nccc(C2CCCN(Cc3cn[nH]c3-c3cccs3)C2)n1. The van der Waals surface area contributed by atoms with Crippen molar-refractivity contribution < 1.29 is 0 Å². The first-order chi connectivity index (χ1) is 11.8. The number of likely N-dealkylation sites (tertiary alicyclic amines) is 1. The Morgan fingerprint density at radius 2 is 2.33 bits per heavy atom. The largest absolute Gasteiger partial charge is 0.298 e. The molecule has 0 spiro atoms. The fourth-order valence-corrected chi connectivity index (χ4v) is 4.20. The van der Waals surface area contributed by atoms with Crippen molar-refractivity contribution in [3.8, 4) is 10.6 Å². The average molecular weight is 339 g/mol. The lowest BCUT2D eigenvalue weighted by atomic mass is 9.94. The zero-order valence-electron chi connectivity index (χ0n) is 13.8. The number of rotatable bonds is 4. The number of hydrogen-bond acceptors (Lipinski definition) is 5. The summed E-state index contributed by atoms with van der Waals surface area (Å²) in [5.41, 5.74) is 3.61. The molecule has 1 unspecified atom stereocenters. The summed E-state index contributed by atoms with van der Waals surface area (Å²) < 4.78 is 0. The van der Waals surface area contributed by atoms with Gasteiger partial charge >= 0.3 is 0 Å². The lowest BCUT2D eigenvalue weighted by Crippen LogP contribution is -2.34. The first-order valence-electron chi connectivity index (χ1n) is 8.37. The summed E-state index contributed by atoms with van der Waals surface area (Å²) in [6, 6.07) is 6.29. The third-order valence-electron chi connectivity index (χ3n) is 4.60. The minimum Gasteiger partial charge on any atom is -0.298 e. The first-order valence-corrected chi connectivity index (χ1v) is 9.25. The maximum Gasteiger partial charge on any atom is 0.125 e. The number of aromatic amines is 1. The quantitative estimate of drug-likeness (QED) is 0.789. The van der Waals surface area contributed by atoms with Gasteiger partial charge in [-0.15, -0.1) is 11.3 Å². The molecule has 24 heavy (non-hydrogen) atoms. The molecule has 3 aromatic heterocycles. The minimum absolute atomic E-state index is 0.498.